The topological polar surface area (TPSA) is 29.5 Å². The van der Waals surface area contributed by atoms with Gasteiger partial charge in [0.1, 0.15) is 5.76 Å². The summed E-state index contributed by atoms with van der Waals surface area (Å²) in [6.07, 6.45) is 0. The van der Waals surface area contributed by atoms with Crippen molar-refractivity contribution in [3.63, 3.8) is 0 Å². The molecule has 0 fully saturated rings. The van der Waals surface area contributed by atoms with E-state index in [0.717, 1.165) is 22.6 Å². The first-order valence-corrected chi connectivity index (χ1v) is 8.44. The van der Waals surface area contributed by atoms with Crippen LogP contribution < -0.4 is 4.90 Å². The van der Waals surface area contributed by atoms with E-state index in [4.69, 9.17) is 4.74 Å². The number of rotatable bonds is 5. The Labute approximate surface area is 154 Å². The standard InChI is InChI=1S/C23H21NO2/c1-17-9-13-22(14-10-17)24(21-7-5-4-6-8-21)23-15-11-20(12-16-23)18(2)26-19(3)25/h4-16H,2H2,1,3H3. The first-order valence-electron chi connectivity index (χ1n) is 8.44. The second kappa shape index (κ2) is 7.70. The lowest BCUT2D eigenvalue weighted by Gasteiger charge is -2.25. The molecule has 0 radical (unpaired) electrons. The maximum absolute atomic E-state index is 11.1. The Morgan fingerprint density at radius 3 is 1.85 bits per heavy atom. The molecule has 0 N–H and O–H groups in total. The SMILES string of the molecule is C=C(OC(C)=O)c1ccc(N(c2ccccc2)c2ccc(C)cc2)cc1. The van der Waals surface area contributed by atoms with Gasteiger partial charge < -0.3 is 9.64 Å². The van der Waals surface area contributed by atoms with Crippen molar-refractivity contribution < 1.29 is 9.53 Å². The first-order chi connectivity index (χ1) is 12.5. The summed E-state index contributed by atoms with van der Waals surface area (Å²) in [6, 6.07) is 26.4. The van der Waals surface area contributed by atoms with E-state index in [-0.39, 0.29) is 5.97 Å². The maximum Gasteiger partial charge on any atom is 0.308 e. The normalized spacial score (nSPS) is 10.2. The van der Waals surface area contributed by atoms with Crippen LogP contribution in [0.3, 0.4) is 0 Å². The summed E-state index contributed by atoms with van der Waals surface area (Å²) in [5, 5.41) is 0. The van der Waals surface area contributed by atoms with Crippen LogP contribution in [0.1, 0.15) is 18.1 Å². The largest absolute Gasteiger partial charge is 0.427 e. The number of nitrogens with zero attached hydrogens (tertiary/aromatic N) is 1. The summed E-state index contributed by atoms with van der Waals surface area (Å²) in [7, 11) is 0. The Bertz CT molecular complexity index is 897. The summed E-state index contributed by atoms with van der Waals surface area (Å²) in [5.41, 5.74) is 5.16. The van der Waals surface area contributed by atoms with Crippen LogP contribution in [0.5, 0.6) is 0 Å². The number of para-hydroxylation sites is 1. The number of hydrogen-bond donors (Lipinski definition) is 0. The molecule has 3 rings (SSSR count). The molecule has 3 aromatic rings. The van der Waals surface area contributed by atoms with Crippen LogP contribution in [-0.4, -0.2) is 5.97 Å². The van der Waals surface area contributed by atoms with Gasteiger partial charge in [-0.25, -0.2) is 0 Å². The highest BCUT2D eigenvalue weighted by molar-refractivity contribution is 5.79. The molecular weight excluding hydrogens is 322 g/mol. The minimum atomic E-state index is -0.371. The van der Waals surface area contributed by atoms with E-state index in [0.29, 0.717) is 5.76 Å². The highest BCUT2D eigenvalue weighted by Crippen LogP contribution is 2.34. The van der Waals surface area contributed by atoms with E-state index in [1.807, 2.05) is 42.5 Å². The molecular formula is C23H21NO2. The van der Waals surface area contributed by atoms with Gasteiger partial charge in [-0.1, -0.05) is 42.5 Å². The molecule has 0 aliphatic rings. The second-order valence-corrected chi connectivity index (χ2v) is 6.07. The van der Waals surface area contributed by atoms with Gasteiger partial charge in [0.15, 0.2) is 0 Å². The van der Waals surface area contributed by atoms with Crippen molar-refractivity contribution in [2.75, 3.05) is 4.90 Å². The minimum absolute atomic E-state index is 0.352. The summed E-state index contributed by atoms with van der Waals surface area (Å²) in [5.74, 6) is -0.0182. The third-order valence-corrected chi connectivity index (χ3v) is 4.02. The van der Waals surface area contributed by atoms with Crippen molar-refractivity contribution in [1.29, 1.82) is 0 Å². The number of benzene rings is 3. The Morgan fingerprint density at radius 1 is 0.808 bits per heavy atom. The van der Waals surface area contributed by atoms with Crippen LogP contribution in [0.25, 0.3) is 5.76 Å². The molecule has 0 atom stereocenters. The molecule has 26 heavy (non-hydrogen) atoms. The molecule has 130 valence electrons. The zero-order valence-corrected chi connectivity index (χ0v) is 15.0. The van der Waals surface area contributed by atoms with Crippen molar-refractivity contribution >= 4 is 28.8 Å². The quantitative estimate of drug-likeness (QED) is 0.420. The van der Waals surface area contributed by atoms with Crippen LogP contribution in [0.2, 0.25) is 0 Å². The first kappa shape index (κ1) is 17.5. The number of hydrogen-bond acceptors (Lipinski definition) is 3. The summed E-state index contributed by atoms with van der Waals surface area (Å²) >= 11 is 0. The number of carbonyl (C=O) groups is 1. The lowest BCUT2D eigenvalue weighted by atomic mass is 10.1. The van der Waals surface area contributed by atoms with Gasteiger partial charge in [-0.15, -0.1) is 0 Å². The van der Waals surface area contributed by atoms with Crippen LogP contribution in [-0.2, 0) is 9.53 Å². The highest BCUT2D eigenvalue weighted by atomic mass is 16.5. The number of anilines is 3. The van der Waals surface area contributed by atoms with Gasteiger partial charge >= 0.3 is 5.97 Å². The zero-order valence-electron chi connectivity index (χ0n) is 15.0. The predicted molar refractivity (Wildman–Crippen MR) is 107 cm³/mol. The molecule has 0 aromatic heterocycles. The van der Waals surface area contributed by atoms with E-state index >= 15 is 0 Å². The van der Waals surface area contributed by atoms with E-state index in [1.165, 1.54) is 12.5 Å². The average Bonchev–Trinajstić information content (AvgIpc) is 2.64. The summed E-state index contributed by atoms with van der Waals surface area (Å²) in [4.78, 5) is 13.3. The van der Waals surface area contributed by atoms with Crippen molar-refractivity contribution in [1.82, 2.24) is 0 Å². The van der Waals surface area contributed by atoms with E-state index < -0.39 is 0 Å². The number of esters is 1. The molecule has 0 aliphatic heterocycles. The second-order valence-electron chi connectivity index (χ2n) is 6.07. The third kappa shape index (κ3) is 4.01. The molecule has 0 saturated heterocycles. The molecule has 0 amide bonds. The zero-order chi connectivity index (χ0) is 18.5. The molecule has 0 saturated carbocycles. The molecule has 0 unspecified atom stereocenters. The molecule has 0 spiro atoms. The number of aryl methyl sites for hydroxylation is 1. The molecule has 3 nitrogen and oxygen atoms in total. The monoisotopic (exact) mass is 343 g/mol. The van der Waals surface area contributed by atoms with Crippen LogP contribution in [0.15, 0.2) is 85.4 Å². The summed E-state index contributed by atoms with van der Waals surface area (Å²) < 4.78 is 5.07. The van der Waals surface area contributed by atoms with E-state index in [2.05, 4.69) is 54.8 Å². The lowest BCUT2D eigenvalue weighted by molar-refractivity contribution is -0.134. The Morgan fingerprint density at radius 2 is 1.31 bits per heavy atom. The fraction of sp³-hybridized carbons (Fsp3) is 0.0870. The number of carbonyl (C=O) groups excluding carboxylic acids is 1. The van der Waals surface area contributed by atoms with Gasteiger partial charge in [0.25, 0.3) is 0 Å². The Hall–Kier alpha value is -3.33. The third-order valence-electron chi connectivity index (χ3n) is 4.02. The van der Waals surface area contributed by atoms with Gasteiger partial charge in [-0.2, -0.15) is 0 Å². The van der Waals surface area contributed by atoms with Crippen molar-refractivity contribution in [3.8, 4) is 0 Å². The van der Waals surface area contributed by atoms with Crippen LogP contribution >= 0.6 is 0 Å². The minimum Gasteiger partial charge on any atom is -0.427 e. The van der Waals surface area contributed by atoms with Crippen molar-refractivity contribution in [3.05, 3.63) is 96.6 Å². The van der Waals surface area contributed by atoms with Gasteiger partial charge in [-0.3, -0.25) is 4.79 Å². The van der Waals surface area contributed by atoms with Crippen LogP contribution in [0, 0.1) is 6.92 Å². The summed E-state index contributed by atoms with van der Waals surface area (Å²) in [6.45, 7) is 7.25. The highest BCUT2D eigenvalue weighted by Gasteiger charge is 2.12. The number of ether oxygens (including phenoxy) is 1. The van der Waals surface area contributed by atoms with E-state index in [9.17, 15) is 4.79 Å². The van der Waals surface area contributed by atoms with Gasteiger partial charge in [0.05, 0.1) is 0 Å². The van der Waals surface area contributed by atoms with Gasteiger partial charge in [0, 0.05) is 29.5 Å². The molecule has 0 heterocycles. The maximum atomic E-state index is 11.1. The smallest absolute Gasteiger partial charge is 0.308 e. The molecule has 0 bridgehead atoms. The molecule has 3 heteroatoms. The van der Waals surface area contributed by atoms with Crippen molar-refractivity contribution in [2.45, 2.75) is 13.8 Å². The van der Waals surface area contributed by atoms with E-state index in [1.54, 1.807) is 0 Å². The van der Waals surface area contributed by atoms with Crippen molar-refractivity contribution in [2.24, 2.45) is 0 Å². The van der Waals surface area contributed by atoms with Gasteiger partial charge in [0.2, 0.25) is 0 Å². The average molecular weight is 343 g/mol. The fourth-order valence-corrected chi connectivity index (χ4v) is 2.75. The van der Waals surface area contributed by atoms with Gasteiger partial charge in [-0.05, 0) is 55.5 Å². The fourth-order valence-electron chi connectivity index (χ4n) is 2.75. The Kier molecular flexibility index (Phi) is 5.18. The molecule has 0 aliphatic carbocycles. The Balaban J connectivity index is 1.98. The molecule has 3 aromatic carbocycles. The van der Waals surface area contributed by atoms with Crippen LogP contribution in [0.4, 0.5) is 17.1 Å². The predicted octanol–water partition coefficient (Wildman–Crippen LogP) is 6.00. The lowest BCUT2D eigenvalue weighted by Crippen LogP contribution is -2.09.